The van der Waals surface area contributed by atoms with E-state index in [4.69, 9.17) is 4.74 Å². The fourth-order valence-corrected chi connectivity index (χ4v) is 4.62. The average Bonchev–Trinajstić information content (AvgIpc) is 2.90. The van der Waals surface area contributed by atoms with Crippen molar-refractivity contribution in [2.24, 2.45) is 0 Å². The van der Waals surface area contributed by atoms with E-state index in [-0.39, 0.29) is 0 Å². The van der Waals surface area contributed by atoms with E-state index in [0.717, 1.165) is 23.7 Å². The summed E-state index contributed by atoms with van der Waals surface area (Å²) in [6.07, 6.45) is 6.35. The molecule has 3 nitrogen and oxygen atoms in total. The van der Waals surface area contributed by atoms with Crippen molar-refractivity contribution in [3.8, 4) is 5.75 Å². The molecule has 2 rings (SSSR count). The Kier molecular flexibility index (Phi) is 7.94. The number of benzene rings is 1. The minimum Gasteiger partial charge on any atom is -0.497 e. The van der Waals surface area contributed by atoms with Crippen LogP contribution < -0.4 is 10.1 Å². The summed E-state index contributed by atoms with van der Waals surface area (Å²) in [6, 6.07) is 6.18. The molecule has 1 aliphatic heterocycles. The van der Waals surface area contributed by atoms with E-state index in [0.29, 0.717) is 0 Å². The monoisotopic (exact) mass is 389 g/mol. The molecule has 0 aromatic heterocycles. The number of hydrogen-bond acceptors (Lipinski definition) is 4. The van der Waals surface area contributed by atoms with Crippen molar-refractivity contribution >= 4 is 29.2 Å². The van der Waals surface area contributed by atoms with Crippen LogP contribution >= 0.6 is 23.5 Å². The Bertz CT molecular complexity index is 750. The molecule has 0 saturated carbocycles. The Labute approximate surface area is 166 Å². The molecule has 0 spiro atoms. The first-order chi connectivity index (χ1) is 12.5. The number of nitrogens with zero attached hydrogens (tertiary/aromatic N) is 1. The molecule has 0 unspecified atom stereocenters. The zero-order valence-electron chi connectivity index (χ0n) is 16.3. The van der Waals surface area contributed by atoms with Gasteiger partial charge in [0, 0.05) is 28.1 Å². The summed E-state index contributed by atoms with van der Waals surface area (Å²) in [5.74, 6) is 0.885. The van der Waals surface area contributed by atoms with E-state index in [1.54, 1.807) is 18.9 Å². The molecule has 1 aromatic carbocycles. The molecule has 0 saturated heterocycles. The van der Waals surface area contributed by atoms with E-state index >= 15 is 0 Å². The highest BCUT2D eigenvalue weighted by molar-refractivity contribution is 8.06. The summed E-state index contributed by atoms with van der Waals surface area (Å²) >= 11 is 3.53. The second kappa shape index (κ2) is 9.95. The first kappa shape index (κ1) is 20.7. The molecule has 0 atom stereocenters. The molecular formula is C21H29N2OS2+. The molecule has 140 valence electrons. The maximum absolute atomic E-state index is 5.34. The van der Waals surface area contributed by atoms with E-state index in [9.17, 15) is 0 Å². The van der Waals surface area contributed by atoms with Gasteiger partial charge in [-0.3, -0.25) is 0 Å². The van der Waals surface area contributed by atoms with E-state index < -0.39 is 0 Å². The molecule has 1 aliphatic rings. The second-order valence-electron chi connectivity index (χ2n) is 5.94. The summed E-state index contributed by atoms with van der Waals surface area (Å²) in [6.45, 7) is 14.9. The number of rotatable bonds is 8. The minimum atomic E-state index is 0.885. The van der Waals surface area contributed by atoms with Crippen molar-refractivity contribution in [1.82, 2.24) is 4.90 Å². The number of methoxy groups -OCH3 is 1. The fraction of sp³-hybridized carbons (Fsp3) is 0.333. The highest BCUT2D eigenvalue weighted by Gasteiger charge is 2.20. The van der Waals surface area contributed by atoms with Gasteiger partial charge in [0.25, 0.3) is 0 Å². The van der Waals surface area contributed by atoms with Crippen LogP contribution in [0.2, 0.25) is 0 Å². The van der Waals surface area contributed by atoms with Gasteiger partial charge in [-0.05, 0) is 52.0 Å². The Morgan fingerprint density at radius 3 is 2.77 bits per heavy atom. The Morgan fingerprint density at radius 2 is 2.12 bits per heavy atom. The van der Waals surface area contributed by atoms with Gasteiger partial charge < -0.3 is 15.0 Å². The van der Waals surface area contributed by atoms with Gasteiger partial charge in [-0.1, -0.05) is 36.2 Å². The van der Waals surface area contributed by atoms with E-state index in [1.807, 2.05) is 17.8 Å². The zero-order chi connectivity index (χ0) is 19.1. The molecule has 0 radical (unpaired) electrons. The van der Waals surface area contributed by atoms with Gasteiger partial charge in [0.05, 0.1) is 23.6 Å². The van der Waals surface area contributed by atoms with Gasteiger partial charge in [-0.2, -0.15) is 0 Å². The smallest absolute Gasteiger partial charge is 0.147 e. The van der Waals surface area contributed by atoms with Crippen LogP contribution in [0, 0.1) is 0 Å². The van der Waals surface area contributed by atoms with Gasteiger partial charge in [-0.15, -0.1) is 0 Å². The number of quaternary nitrogens is 1. The lowest BCUT2D eigenvalue weighted by molar-refractivity contribution is -0.570. The van der Waals surface area contributed by atoms with Crippen LogP contribution in [-0.4, -0.2) is 25.1 Å². The van der Waals surface area contributed by atoms with Gasteiger partial charge in [0.2, 0.25) is 0 Å². The highest BCUT2D eigenvalue weighted by Crippen LogP contribution is 2.40. The van der Waals surface area contributed by atoms with Crippen LogP contribution in [0.15, 0.2) is 68.4 Å². The summed E-state index contributed by atoms with van der Waals surface area (Å²) in [7, 11) is 1.70. The van der Waals surface area contributed by atoms with Crippen LogP contribution in [0.25, 0.3) is 0 Å². The van der Waals surface area contributed by atoms with Crippen molar-refractivity contribution < 1.29 is 10.1 Å². The first-order valence-electron chi connectivity index (χ1n) is 8.89. The topological polar surface area (TPSA) is 29.1 Å². The number of ether oxygens (including phenoxy) is 1. The third kappa shape index (κ3) is 5.22. The van der Waals surface area contributed by atoms with Crippen LogP contribution in [0.4, 0.5) is 5.69 Å². The van der Waals surface area contributed by atoms with E-state index in [2.05, 4.69) is 74.9 Å². The molecule has 1 heterocycles. The van der Waals surface area contributed by atoms with Crippen molar-refractivity contribution in [2.75, 3.05) is 20.2 Å². The lowest BCUT2D eigenvalue weighted by Crippen LogP contribution is -2.77. The van der Waals surface area contributed by atoms with Crippen LogP contribution in [0.3, 0.4) is 0 Å². The lowest BCUT2D eigenvalue weighted by atomic mass is 10.3. The van der Waals surface area contributed by atoms with E-state index in [1.165, 1.54) is 26.2 Å². The Balaban J connectivity index is 2.05. The molecular weight excluding hydrogens is 360 g/mol. The van der Waals surface area contributed by atoms with Gasteiger partial charge in [-0.25, -0.2) is 0 Å². The third-order valence-corrected chi connectivity index (χ3v) is 6.31. The SMILES string of the molecule is C=C(C=CC=C1SC(C)=C(C)N1CC)Sc1ccc(OC)cc1[NH2+]CC. The van der Waals surface area contributed by atoms with Crippen LogP contribution in [-0.2, 0) is 0 Å². The lowest BCUT2D eigenvalue weighted by Gasteiger charge is -2.18. The first-order valence-corrected chi connectivity index (χ1v) is 10.5. The zero-order valence-corrected chi connectivity index (χ0v) is 18.0. The molecule has 0 bridgehead atoms. The number of hydrogen-bond donors (Lipinski definition) is 1. The fourth-order valence-electron chi connectivity index (χ4n) is 2.70. The highest BCUT2D eigenvalue weighted by atomic mass is 32.2. The van der Waals surface area contributed by atoms with Crippen molar-refractivity contribution in [3.05, 3.63) is 63.5 Å². The molecule has 5 heteroatoms. The number of nitrogens with two attached hydrogens (primary N) is 1. The average molecular weight is 390 g/mol. The summed E-state index contributed by atoms with van der Waals surface area (Å²) in [5.41, 5.74) is 2.55. The minimum absolute atomic E-state index is 0.885. The van der Waals surface area contributed by atoms with Gasteiger partial charge in [0.1, 0.15) is 11.4 Å². The quantitative estimate of drug-likeness (QED) is 0.374. The van der Waals surface area contributed by atoms with Crippen molar-refractivity contribution in [2.45, 2.75) is 32.6 Å². The normalized spacial score (nSPS) is 16.2. The summed E-state index contributed by atoms with van der Waals surface area (Å²) in [5, 5.41) is 3.50. The number of thioether (sulfide) groups is 2. The Hall–Kier alpha value is -1.56. The second-order valence-corrected chi connectivity index (χ2v) is 8.34. The number of allylic oxidation sites excluding steroid dienone is 5. The van der Waals surface area contributed by atoms with Gasteiger partial charge in [0.15, 0.2) is 0 Å². The third-order valence-electron chi connectivity index (χ3n) is 4.16. The van der Waals surface area contributed by atoms with Crippen molar-refractivity contribution in [3.63, 3.8) is 0 Å². The molecule has 26 heavy (non-hydrogen) atoms. The van der Waals surface area contributed by atoms with Crippen LogP contribution in [0.1, 0.15) is 27.7 Å². The predicted molar refractivity (Wildman–Crippen MR) is 116 cm³/mol. The maximum Gasteiger partial charge on any atom is 0.147 e. The molecule has 2 N–H and O–H groups in total. The molecule has 0 fully saturated rings. The summed E-state index contributed by atoms with van der Waals surface area (Å²) < 4.78 is 5.34. The molecule has 0 aliphatic carbocycles. The van der Waals surface area contributed by atoms with Crippen LogP contribution in [0.5, 0.6) is 5.75 Å². The Morgan fingerprint density at radius 1 is 1.35 bits per heavy atom. The molecule has 0 amide bonds. The van der Waals surface area contributed by atoms with Crippen molar-refractivity contribution in [1.29, 1.82) is 0 Å². The van der Waals surface area contributed by atoms with Gasteiger partial charge >= 0.3 is 0 Å². The largest absolute Gasteiger partial charge is 0.497 e. The molecule has 1 aromatic rings. The summed E-state index contributed by atoms with van der Waals surface area (Å²) in [4.78, 5) is 5.94. The predicted octanol–water partition coefficient (Wildman–Crippen LogP) is 5.23. The standard InChI is InChI=1S/C21H28N2OS2/c1-7-22-19-14-18(24-6)12-13-20(19)25-15(3)10-9-11-21-23(8-2)16(4)17(5)26-21/h9-14,22H,3,7-8H2,1-2,4-6H3/p+1. The maximum atomic E-state index is 5.34.